The highest BCUT2D eigenvalue weighted by molar-refractivity contribution is 5.35. The molecule has 7 nitrogen and oxygen atoms in total. The lowest BCUT2D eigenvalue weighted by Gasteiger charge is -2.19. The lowest BCUT2D eigenvalue weighted by Crippen LogP contribution is -2.39. The fourth-order valence-electron chi connectivity index (χ4n) is 2.24. The van der Waals surface area contributed by atoms with Crippen LogP contribution < -0.4 is 16.6 Å². The summed E-state index contributed by atoms with van der Waals surface area (Å²) < 4.78 is 39.1. The molecule has 0 spiro atoms. The van der Waals surface area contributed by atoms with Crippen molar-refractivity contribution >= 4 is 5.82 Å². The number of nitrogens with one attached hydrogen (secondary N) is 1. The van der Waals surface area contributed by atoms with Crippen LogP contribution in [0, 0.1) is 11.6 Å². The van der Waals surface area contributed by atoms with Crippen LogP contribution in [0.2, 0.25) is 0 Å². The van der Waals surface area contributed by atoms with Gasteiger partial charge in [0.05, 0.1) is 13.1 Å². The largest absolute Gasteiger partial charge is 0.366 e. The van der Waals surface area contributed by atoms with E-state index in [9.17, 15) is 18.4 Å². The topological polar surface area (TPSA) is 74.5 Å². The highest BCUT2D eigenvalue weighted by Gasteiger charge is 2.14. The van der Waals surface area contributed by atoms with E-state index in [1.165, 1.54) is 38.0 Å². The molecule has 1 N–H and O–H groups in total. The Hall–Kier alpha value is -2.52. The number of rotatable bonds is 7. The Morgan fingerprint density at radius 1 is 1.16 bits per heavy atom. The summed E-state index contributed by atoms with van der Waals surface area (Å²) in [4.78, 5) is 24.3. The Balaban J connectivity index is 2.42. The normalized spacial score (nSPS) is 11.1. The van der Waals surface area contributed by atoms with Crippen molar-refractivity contribution in [1.82, 2.24) is 9.13 Å². The van der Waals surface area contributed by atoms with Gasteiger partial charge in [0.1, 0.15) is 17.5 Å². The Morgan fingerprint density at radius 3 is 2.44 bits per heavy atom. The molecule has 0 aliphatic heterocycles. The first-order valence-corrected chi connectivity index (χ1v) is 7.41. The number of hydrogen-bond donors (Lipinski definition) is 1. The molecule has 0 atom stereocenters. The smallest absolute Gasteiger partial charge is 0.332 e. The maximum absolute atomic E-state index is 13.9. The molecule has 0 saturated heterocycles. The highest BCUT2D eigenvalue weighted by atomic mass is 19.1. The number of nitrogens with zero attached hydrogens (tertiary/aromatic N) is 2. The summed E-state index contributed by atoms with van der Waals surface area (Å²) in [7, 11) is 4.21. The van der Waals surface area contributed by atoms with Gasteiger partial charge in [-0.15, -0.1) is 0 Å². The van der Waals surface area contributed by atoms with Crippen LogP contribution in [0.3, 0.4) is 0 Å². The van der Waals surface area contributed by atoms with E-state index in [1.54, 1.807) is 0 Å². The lowest BCUT2D eigenvalue weighted by molar-refractivity contribution is -0.0914. The van der Waals surface area contributed by atoms with Crippen LogP contribution in [0.25, 0.3) is 0 Å². The van der Waals surface area contributed by atoms with E-state index in [1.807, 2.05) is 0 Å². The van der Waals surface area contributed by atoms with Gasteiger partial charge in [0.25, 0.3) is 5.56 Å². The molecule has 25 heavy (non-hydrogen) atoms. The first kappa shape index (κ1) is 18.8. The third kappa shape index (κ3) is 4.31. The first-order valence-electron chi connectivity index (χ1n) is 7.41. The van der Waals surface area contributed by atoms with E-state index >= 15 is 0 Å². The van der Waals surface area contributed by atoms with Crippen molar-refractivity contribution in [2.75, 3.05) is 26.1 Å². The molecule has 0 aliphatic rings. The van der Waals surface area contributed by atoms with Gasteiger partial charge in [0, 0.05) is 39.0 Å². The van der Waals surface area contributed by atoms with Gasteiger partial charge in [-0.1, -0.05) is 6.07 Å². The van der Waals surface area contributed by atoms with E-state index in [0.717, 1.165) is 16.7 Å². The summed E-state index contributed by atoms with van der Waals surface area (Å²) in [5.41, 5.74) is -1.04. The Morgan fingerprint density at radius 2 is 1.84 bits per heavy atom. The standard InChI is InChI=1S/C16H19F2N3O4/c1-20-14(22)7-13(19-8-15(24-2)25-3)21(16(20)23)9-10-4-5-11(17)6-12(10)18/h4-7,15,19H,8-9H2,1-3H3. The van der Waals surface area contributed by atoms with E-state index in [-0.39, 0.29) is 24.5 Å². The molecule has 1 aromatic heterocycles. The van der Waals surface area contributed by atoms with E-state index in [4.69, 9.17) is 9.47 Å². The summed E-state index contributed by atoms with van der Waals surface area (Å²) >= 11 is 0. The number of ether oxygens (including phenoxy) is 2. The molecule has 0 saturated carbocycles. The van der Waals surface area contributed by atoms with Crippen molar-refractivity contribution in [3.05, 3.63) is 62.3 Å². The number of aromatic nitrogens is 2. The van der Waals surface area contributed by atoms with Gasteiger partial charge in [-0.25, -0.2) is 13.6 Å². The second-order valence-corrected chi connectivity index (χ2v) is 5.31. The molecule has 1 heterocycles. The number of methoxy groups -OCH3 is 2. The molecule has 2 rings (SSSR count). The van der Waals surface area contributed by atoms with Crippen LogP contribution in [0.5, 0.6) is 0 Å². The zero-order valence-electron chi connectivity index (χ0n) is 14.1. The molecule has 136 valence electrons. The maximum atomic E-state index is 13.9. The molecule has 0 amide bonds. The summed E-state index contributed by atoms with van der Waals surface area (Å²) in [5.74, 6) is -1.32. The van der Waals surface area contributed by atoms with Crippen LogP contribution in [0.15, 0.2) is 33.9 Å². The second kappa shape index (κ2) is 8.04. The molecule has 0 aliphatic carbocycles. The highest BCUT2D eigenvalue weighted by Crippen LogP contribution is 2.13. The summed E-state index contributed by atoms with van der Waals surface area (Å²) in [6.07, 6.45) is -0.602. The van der Waals surface area contributed by atoms with Crippen LogP contribution >= 0.6 is 0 Å². The van der Waals surface area contributed by atoms with Crippen molar-refractivity contribution in [3.63, 3.8) is 0 Å². The first-order chi connectivity index (χ1) is 11.9. The Labute approximate surface area is 142 Å². The van der Waals surface area contributed by atoms with E-state index in [0.29, 0.717) is 0 Å². The third-order valence-electron chi connectivity index (χ3n) is 3.72. The third-order valence-corrected chi connectivity index (χ3v) is 3.72. The fraction of sp³-hybridized carbons (Fsp3) is 0.375. The van der Waals surface area contributed by atoms with Crippen LogP contribution in [0.4, 0.5) is 14.6 Å². The maximum Gasteiger partial charge on any atom is 0.332 e. The number of halogens is 2. The Bertz CT molecular complexity index is 859. The molecule has 0 bridgehead atoms. The number of hydrogen-bond acceptors (Lipinski definition) is 5. The molecule has 0 unspecified atom stereocenters. The Kier molecular flexibility index (Phi) is 6.05. The molecule has 1 aromatic carbocycles. The minimum Gasteiger partial charge on any atom is -0.366 e. The summed E-state index contributed by atoms with van der Waals surface area (Å²) in [6, 6.07) is 4.30. The average Bonchev–Trinajstić information content (AvgIpc) is 2.58. The average molecular weight is 355 g/mol. The zero-order chi connectivity index (χ0) is 18.6. The summed E-state index contributed by atoms with van der Waals surface area (Å²) in [5, 5.41) is 2.88. The fourth-order valence-corrected chi connectivity index (χ4v) is 2.24. The minimum absolute atomic E-state index is 0.111. The minimum atomic E-state index is -0.779. The summed E-state index contributed by atoms with van der Waals surface area (Å²) in [6.45, 7) is -0.0163. The van der Waals surface area contributed by atoms with Crippen LogP contribution in [-0.4, -0.2) is 36.2 Å². The van der Waals surface area contributed by atoms with Crippen molar-refractivity contribution in [3.8, 4) is 0 Å². The van der Waals surface area contributed by atoms with E-state index in [2.05, 4.69) is 5.32 Å². The van der Waals surface area contributed by atoms with Gasteiger partial charge >= 0.3 is 5.69 Å². The monoisotopic (exact) mass is 355 g/mol. The molecule has 0 radical (unpaired) electrons. The van der Waals surface area contributed by atoms with Gasteiger partial charge in [-0.3, -0.25) is 13.9 Å². The molecular formula is C16H19F2N3O4. The van der Waals surface area contributed by atoms with Gasteiger partial charge in [0.15, 0.2) is 6.29 Å². The van der Waals surface area contributed by atoms with Gasteiger partial charge < -0.3 is 14.8 Å². The molecular weight excluding hydrogens is 336 g/mol. The van der Waals surface area contributed by atoms with Crippen molar-refractivity contribution in [2.24, 2.45) is 7.05 Å². The second-order valence-electron chi connectivity index (χ2n) is 5.31. The van der Waals surface area contributed by atoms with Crippen molar-refractivity contribution < 1.29 is 18.3 Å². The molecule has 0 fully saturated rings. The SMILES string of the molecule is COC(CNc1cc(=O)n(C)c(=O)n1Cc1ccc(F)cc1F)OC. The van der Waals surface area contributed by atoms with Crippen molar-refractivity contribution in [1.29, 1.82) is 0 Å². The van der Waals surface area contributed by atoms with Crippen LogP contribution in [0.1, 0.15) is 5.56 Å². The predicted octanol–water partition coefficient (Wildman–Crippen LogP) is 0.904. The predicted molar refractivity (Wildman–Crippen MR) is 87.7 cm³/mol. The molecule has 9 heteroatoms. The van der Waals surface area contributed by atoms with Gasteiger partial charge in [-0.05, 0) is 6.07 Å². The molecule has 2 aromatic rings. The zero-order valence-corrected chi connectivity index (χ0v) is 14.1. The van der Waals surface area contributed by atoms with Gasteiger partial charge in [0.2, 0.25) is 0 Å². The van der Waals surface area contributed by atoms with E-state index < -0.39 is 29.2 Å². The number of anilines is 1. The lowest BCUT2D eigenvalue weighted by atomic mass is 10.2. The van der Waals surface area contributed by atoms with Gasteiger partial charge in [-0.2, -0.15) is 0 Å². The number of benzene rings is 1. The quantitative estimate of drug-likeness (QED) is 0.747. The van der Waals surface area contributed by atoms with Crippen LogP contribution in [-0.2, 0) is 23.1 Å². The van der Waals surface area contributed by atoms with Crippen molar-refractivity contribution in [2.45, 2.75) is 12.8 Å².